The molecule has 0 saturated heterocycles. The summed E-state index contributed by atoms with van der Waals surface area (Å²) in [5.41, 5.74) is 0.902. The smallest absolute Gasteiger partial charge is 0.305 e. The number of rotatable bonds is 13. The fourth-order valence-corrected chi connectivity index (χ4v) is 2.43. The number of aromatic nitrogens is 1. The Morgan fingerprint density at radius 2 is 1.69 bits per heavy atom. The van der Waals surface area contributed by atoms with Crippen molar-refractivity contribution in [3.63, 3.8) is 0 Å². The predicted molar refractivity (Wildman–Crippen MR) is 93.3 cm³/mol. The van der Waals surface area contributed by atoms with E-state index in [9.17, 15) is 14.9 Å². The number of carboxylic acid groups (broad SMARTS) is 1. The first-order chi connectivity index (χ1) is 12.6. The van der Waals surface area contributed by atoms with Crippen LogP contribution in [-0.4, -0.2) is 60.2 Å². The lowest BCUT2D eigenvalue weighted by Crippen LogP contribution is -2.12. The molecule has 1 N–H and O–H groups in total. The summed E-state index contributed by atoms with van der Waals surface area (Å²) in [5, 5.41) is 20.1. The Balaban J connectivity index is 1.59. The number of hydrogen-bond acceptors (Lipinski definition) is 6. The number of nitro groups is 1. The Hall–Kier alpha value is -2.49. The van der Waals surface area contributed by atoms with Crippen molar-refractivity contribution in [2.45, 2.75) is 13.0 Å². The van der Waals surface area contributed by atoms with Gasteiger partial charge in [0, 0.05) is 18.8 Å². The summed E-state index contributed by atoms with van der Waals surface area (Å²) in [6.45, 7) is 2.80. The summed E-state index contributed by atoms with van der Waals surface area (Å²) in [6, 6.07) is 6.74. The number of nitrogens with zero attached hydrogens (tertiary/aromatic N) is 2. The Bertz CT molecular complexity index is 729. The van der Waals surface area contributed by atoms with E-state index in [0.717, 1.165) is 5.52 Å². The monoisotopic (exact) mass is 366 g/mol. The summed E-state index contributed by atoms with van der Waals surface area (Å²) in [5.74, 6) is -0.885. The SMILES string of the molecule is O=C(O)CCOCCOCCOCCn1ccc2c([N+](=O)[O-])cccc21. The van der Waals surface area contributed by atoms with Gasteiger partial charge in [0.15, 0.2) is 0 Å². The second-order valence-corrected chi connectivity index (χ2v) is 5.46. The molecule has 0 unspecified atom stereocenters. The molecule has 0 atom stereocenters. The normalized spacial score (nSPS) is 11.1. The van der Waals surface area contributed by atoms with Crippen LogP contribution < -0.4 is 0 Å². The van der Waals surface area contributed by atoms with Crippen LogP contribution in [0.5, 0.6) is 0 Å². The maximum absolute atomic E-state index is 11.0. The standard InChI is InChI=1S/C17H22N2O7/c20-17(21)5-8-24-10-12-26-13-11-25-9-7-18-6-4-14-15(18)2-1-3-16(14)19(22)23/h1-4,6H,5,7-13H2,(H,20,21). The van der Waals surface area contributed by atoms with Gasteiger partial charge in [-0.3, -0.25) is 14.9 Å². The number of non-ortho nitro benzene ring substituents is 1. The van der Waals surface area contributed by atoms with Crippen LogP contribution in [0.15, 0.2) is 30.5 Å². The third-order valence-electron chi connectivity index (χ3n) is 3.67. The number of fused-ring (bicyclic) bond motifs is 1. The fourth-order valence-electron chi connectivity index (χ4n) is 2.43. The molecule has 2 rings (SSSR count). The van der Waals surface area contributed by atoms with Gasteiger partial charge in [0.25, 0.3) is 5.69 Å². The largest absolute Gasteiger partial charge is 0.481 e. The summed E-state index contributed by atoms with van der Waals surface area (Å²) < 4.78 is 17.8. The zero-order chi connectivity index (χ0) is 18.8. The van der Waals surface area contributed by atoms with Gasteiger partial charge in [0.1, 0.15) is 0 Å². The lowest BCUT2D eigenvalue weighted by atomic mass is 10.2. The van der Waals surface area contributed by atoms with Gasteiger partial charge in [-0.1, -0.05) is 6.07 Å². The molecule has 0 saturated carbocycles. The Kier molecular flexibility index (Phi) is 8.00. The van der Waals surface area contributed by atoms with E-state index in [2.05, 4.69) is 0 Å². The van der Waals surface area contributed by atoms with E-state index in [1.807, 2.05) is 16.8 Å². The van der Waals surface area contributed by atoms with Crippen LogP contribution in [0.2, 0.25) is 0 Å². The lowest BCUT2D eigenvalue weighted by Gasteiger charge is -2.08. The highest BCUT2D eigenvalue weighted by atomic mass is 16.6. The first-order valence-corrected chi connectivity index (χ1v) is 8.27. The maximum Gasteiger partial charge on any atom is 0.305 e. The fraction of sp³-hybridized carbons (Fsp3) is 0.471. The molecule has 9 nitrogen and oxygen atoms in total. The molecule has 0 radical (unpaired) electrons. The van der Waals surface area contributed by atoms with Crippen molar-refractivity contribution in [3.05, 3.63) is 40.6 Å². The minimum Gasteiger partial charge on any atom is -0.481 e. The highest BCUT2D eigenvalue weighted by molar-refractivity contribution is 5.89. The predicted octanol–water partition coefficient (Wildman–Crippen LogP) is 2.07. The maximum atomic E-state index is 11.0. The number of hydrogen-bond donors (Lipinski definition) is 1. The summed E-state index contributed by atoms with van der Waals surface area (Å²) >= 11 is 0. The molecule has 0 aliphatic rings. The van der Waals surface area contributed by atoms with E-state index in [-0.39, 0.29) is 23.6 Å². The number of aliphatic carboxylic acids is 1. The number of carbonyl (C=O) groups is 1. The molecule has 0 spiro atoms. The van der Waals surface area contributed by atoms with E-state index in [1.54, 1.807) is 12.1 Å². The minimum absolute atomic E-state index is 0.0135. The Morgan fingerprint density at radius 3 is 2.35 bits per heavy atom. The third-order valence-corrected chi connectivity index (χ3v) is 3.67. The minimum atomic E-state index is -0.885. The second-order valence-electron chi connectivity index (χ2n) is 5.46. The van der Waals surface area contributed by atoms with Gasteiger partial charge in [-0.2, -0.15) is 0 Å². The molecule has 0 bridgehead atoms. The highest BCUT2D eigenvalue weighted by Crippen LogP contribution is 2.26. The topological polar surface area (TPSA) is 113 Å². The van der Waals surface area contributed by atoms with Crippen molar-refractivity contribution in [1.82, 2.24) is 4.57 Å². The lowest BCUT2D eigenvalue weighted by molar-refractivity contribution is -0.383. The first-order valence-electron chi connectivity index (χ1n) is 8.27. The van der Waals surface area contributed by atoms with Crippen LogP contribution in [0.25, 0.3) is 10.9 Å². The van der Waals surface area contributed by atoms with E-state index in [4.69, 9.17) is 19.3 Å². The first kappa shape index (κ1) is 19.8. The van der Waals surface area contributed by atoms with Crippen molar-refractivity contribution in [3.8, 4) is 0 Å². The van der Waals surface area contributed by atoms with Crippen LogP contribution in [0.4, 0.5) is 5.69 Å². The van der Waals surface area contributed by atoms with E-state index in [0.29, 0.717) is 45.0 Å². The zero-order valence-electron chi connectivity index (χ0n) is 14.3. The molecule has 0 fully saturated rings. The number of nitro benzene ring substituents is 1. The van der Waals surface area contributed by atoms with Crippen LogP contribution in [0.1, 0.15) is 6.42 Å². The van der Waals surface area contributed by atoms with Crippen molar-refractivity contribution in [2.24, 2.45) is 0 Å². The van der Waals surface area contributed by atoms with Crippen molar-refractivity contribution < 1.29 is 29.0 Å². The number of carboxylic acids is 1. The van der Waals surface area contributed by atoms with Gasteiger partial charge < -0.3 is 23.9 Å². The van der Waals surface area contributed by atoms with E-state index < -0.39 is 5.97 Å². The molecule has 2 aromatic rings. The van der Waals surface area contributed by atoms with Crippen LogP contribution in [0.3, 0.4) is 0 Å². The molecular weight excluding hydrogens is 344 g/mol. The van der Waals surface area contributed by atoms with E-state index in [1.165, 1.54) is 6.07 Å². The van der Waals surface area contributed by atoms with Crippen molar-refractivity contribution in [2.75, 3.05) is 39.6 Å². The Morgan fingerprint density at radius 1 is 1.04 bits per heavy atom. The zero-order valence-corrected chi connectivity index (χ0v) is 14.3. The molecule has 142 valence electrons. The van der Waals surface area contributed by atoms with Gasteiger partial charge in [-0.25, -0.2) is 0 Å². The molecule has 26 heavy (non-hydrogen) atoms. The molecule has 0 aliphatic heterocycles. The molecule has 9 heteroatoms. The number of ether oxygens (including phenoxy) is 3. The van der Waals surface area contributed by atoms with E-state index >= 15 is 0 Å². The van der Waals surface area contributed by atoms with Crippen molar-refractivity contribution in [1.29, 1.82) is 0 Å². The van der Waals surface area contributed by atoms with Gasteiger partial charge in [0.2, 0.25) is 0 Å². The molecule has 1 aromatic carbocycles. The quantitative estimate of drug-likeness (QED) is 0.328. The third kappa shape index (κ3) is 6.10. The molecule has 0 amide bonds. The Labute approximate surface area is 150 Å². The molecule has 1 aromatic heterocycles. The molecular formula is C17H22N2O7. The van der Waals surface area contributed by atoms with Gasteiger partial charge in [-0.15, -0.1) is 0 Å². The van der Waals surface area contributed by atoms with Crippen LogP contribution in [-0.2, 0) is 25.5 Å². The van der Waals surface area contributed by atoms with Crippen LogP contribution in [0, 0.1) is 10.1 Å². The molecule has 0 aliphatic carbocycles. The summed E-state index contributed by atoms with van der Waals surface area (Å²) in [7, 11) is 0. The molecule has 1 heterocycles. The number of benzene rings is 1. The van der Waals surface area contributed by atoms with Gasteiger partial charge in [-0.05, 0) is 12.1 Å². The van der Waals surface area contributed by atoms with Gasteiger partial charge >= 0.3 is 5.97 Å². The summed E-state index contributed by atoms with van der Waals surface area (Å²) in [6.07, 6.45) is 1.80. The average molecular weight is 366 g/mol. The average Bonchev–Trinajstić information content (AvgIpc) is 3.02. The second kappa shape index (κ2) is 10.5. The highest BCUT2D eigenvalue weighted by Gasteiger charge is 2.13. The van der Waals surface area contributed by atoms with Crippen molar-refractivity contribution >= 4 is 22.6 Å². The van der Waals surface area contributed by atoms with Gasteiger partial charge in [0.05, 0.1) is 61.9 Å². The summed E-state index contributed by atoms with van der Waals surface area (Å²) in [4.78, 5) is 20.9. The van der Waals surface area contributed by atoms with Crippen LogP contribution >= 0.6 is 0 Å².